The van der Waals surface area contributed by atoms with Crippen LogP contribution in [0.4, 0.5) is 5.69 Å². The highest BCUT2D eigenvalue weighted by Gasteiger charge is 2.39. The Hall–Kier alpha value is -1.70. The third kappa shape index (κ3) is 2.47. The van der Waals surface area contributed by atoms with Crippen molar-refractivity contribution in [2.45, 2.75) is 0 Å². The highest BCUT2D eigenvalue weighted by molar-refractivity contribution is 9.11. The second-order valence-electron chi connectivity index (χ2n) is 4.86. The lowest BCUT2D eigenvalue weighted by atomic mass is 10.1. The summed E-state index contributed by atoms with van der Waals surface area (Å²) >= 11 is 12.8. The predicted molar refractivity (Wildman–Crippen MR) is 95.8 cm³/mol. The molecule has 1 aliphatic rings. The second-order valence-corrected chi connectivity index (χ2v) is 6.92. The number of esters is 1. The number of carbonyl (C=O) groups excluding carboxylic acids is 3. The molecule has 8 heteroatoms. The van der Waals surface area contributed by atoms with Crippen LogP contribution in [0.3, 0.4) is 0 Å². The summed E-state index contributed by atoms with van der Waals surface area (Å²) in [6.07, 6.45) is 0. The monoisotopic (exact) mass is 471 g/mol. The van der Waals surface area contributed by atoms with Crippen molar-refractivity contribution in [3.63, 3.8) is 0 Å². The van der Waals surface area contributed by atoms with Crippen LogP contribution in [0.15, 0.2) is 39.3 Å². The van der Waals surface area contributed by atoms with Crippen molar-refractivity contribution in [3.05, 3.63) is 61.0 Å². The lowest BCUT2D eigenvalue weighted by molar-refractivity contribution is 0.0598. The molecule has 0 aromatic heterocycles. The summed E-state index contributed by atoms with van der Waals surface area (Å²) < 4.78 is 5.32. The Labute approximate surface area is 158 Å². The van der Waals surface area contributed by atoms with E-state index >= 15 is 0 Å². The number of ether oxygens (including phenoxy) is 1. The van der Waals surface area contributed by atoms with Gasteiger partial charge in [0.05, 0.1) is 39.0 Å². The van der Waals surface area contributed by atoms with Gasteiger partial charge in [-0.25, -0.2) is 9.69 Å². The van der Waals surface area contributed by atoms with E-state index in [0.29, 0.717) is 4.47 Å². The molecule has 0 aliphatic carbocycles. The Kier molecular flexibility index (Phi) is 4.50. The van der Waals surface area contributed by atoms with E-state index in [-0.39, 0.29) is 31.9 Å². The molecule has 0 radical (unpaired) electrons. The number of hydrogen-bond donors (Lipinski definition) is 0. The number of fused-ring (bicyclic) bond motifs is 1. The fraction of sp³-hybridized carbons (Fsp3) is 0.0625. The van der Waals surface area contributed by atoms with E-state index in [0.717, 1.165) is 4.90 Å². The summed E-state index contributed by atoms with van der Waals surface area (Å²) in [4.78, 5) is 38.2. The number of halogens is 3. The number of amides is 2. The van der Waals surface area contributed by atoms with Crippen molar-refractivity contribution in [1.29, 1.82) is 0 Å². The first kappa shape index (κ1) is 17.1. The molecule has 0 N–H and O–H groups in total. The van der Waals surface area contributed by atoms with E-state index in [2.05, 4.69) is 31.9 Å². The highest BCUT2D eigenvalue weighted by Crippen LogP contribution is 2.43. The maximum atomic E-state index is 12.6. The van der Waals surface area contributed by atoms with Crippen LogP contribution in [0.2, 0.25) is 5.02 Å². The van der Waals surface area contributed by atoms with Crippen LogP contribution in [-0.2, 0) is 4.74 Å². The molecular weight excluding hydrogens is 465 g/mol. The van der Waals surface area contributed by atoms with E-state index in [1.54, 1.807) is 24.3 Å². The van der Waals surface area contributed by atoms with Crippen LogP contribution in [-0.4, -0.2) is 24.9 Å². The maximum Gasteiger partial charge on any atom is 0.340 e. The van der Waals surface area contributed by atoms with Gasteiger partial charge in [-0.3, -0.25) is 9.59 Å². The van der Waals surface area contributed by atoms with E-state index in [1.165, 1.54) is 13.2 Å². The zero-order valence-electron chi connectivity index (χ0n) is 12.1. The van der Waals surface area contributed by atoms with Gasteiger partial charge in [-0.15, -0.1) is 0 Å². The van der Waals surface area contributed by atoms with Crippen molar-refractivity contribution >= 4 is 66.9 Å². The highest BCUT2D eigenvalue weighted by atomic mass is 79.9. The van der Waals surface area contributed by atoms with Crippen LogP contribution < -0.4 is 4.90 Å². The van der Waals surface area contributed by atoms with Gasteiger partial charge in [-0.05, 0) is 50.1 Å². The van der Waals surface area contributed by atoms with Crippen molar-refractivity contribution in [2.75, 3.05) is 12.0 Å². The maximum absolute atomic E-state index is 12.6. The van der Waals surface area contributed by atoms with Crippen molar-refractivity contribution in [1.82, 2.24) is 0 Å². The second kappa shape index (κ2) is 6.31. The summed E-state index contributed by atoms with van der Waals surface area (Å²) in [6, 6.07) is 7.92. The molecule has 2 amide bonds. The predicted octanol–water partition coefficient (Wildman–Crippen LogP) is 4.45. The van der Waals surface area contributed by atoms with E-state index < -0.39 is 17.8 Å². The number of hydrogen-bond acceptors (Lipinski definition) is 4. The first-order chi connectivity index (χ1) is 11.4. The fourth-order valence-corrected chi connectivity index (χ4v) is 4.62. The van der Waals surface area contributed by atoms with Crippen LogP contribution in [0, 0.1) is 0 Å². The minimum Gasteiger partial charge on any atom is -0.465 e. The van der Waals surface area contributed by atoms with Crippen molar-refractivity contribution in [3.8, 4) is 0 Å². The Morgan fingerprint density at radius 1 is 1.12 bits per heavy atom. The third-order valence-electron chi connectivity index (χ3n) is 3.55. The topological polar surface area (TPSA) is 63.7 Å². The average Bonchev–Trinajstić information content (AvgIpc) is 2.80. The molecule has 1 aliphatic heterocycles. The molecule has 1 heterocycles. The number of methoxy groups -OCH3 is 1. The summed E-state index contributed by atoms with van der Waals surface area (Å²) in [5.41, 5.74) is 0.806. The number of nitrogens with zero attached hydrogens (tertiary/aromatic N) is 1. The van der Waals surface area contributed by atoms with Gasteiger partial charge in [0.2, 0.25) is 0 Å². The zero-order chi connectivity index (χ0) is 17.6. The van der Waals surface area contributed by atoms with Crippen molar-refractivity contribution in [2.24, 2.45) is 0 Å². The normalized spacial score (nSPS) is 13.2. The minimum atomic E-state index is -0.636. The summed E-state index contributed by atoms with van der Waals surface area (Å²) in [7, 11) is 1.23. The first-order valence-electron chi connectivity index (χ1n) is 6.62. The number of carbonyl (C=O) groups is 3. The molecule has 122 valence electrons. The van der Waals surface area contributed by atoms with Gasteiger partial charge < -0.3 is 4.74 Å². The molecule has 0 bridgehead atoms. The molecule has 3 rings (SSSR count). The van der Waals surface area contributed by atoms with Gasteiger partial charge in [0.25, 0.3) is 11.8 Å². The third-order valence-corrected chi connectivity index (χ3v) is 5.24. The molecule has 0 saturated heterocycles. The molecule has 0 unspecified atom stereocenters. The van der Waals surface area contributed by atoms with Crippen LogP contribution in [0.25, 0.3) is 0 Å². The first-order valence-corrected chi connectivity index (χ1v) is 8.58. The summed E-state index contributed by atoms with van der Waals surface area (Å²) in [6.45, 7) is 0. The average molecular weight is 474 g/mol. The molecule has 0 atom stereocenters. The largest absolute Gasteiger partial charge is 0.465 e. The summed E-state index contributed by atoms with van der Waals surface area (Å²) in [5, 5.41) is 0.135. The van der Waals surface area contributed by atoms with E-state index in [4.69, 9.17) is 16.3 Å². The molecule has 24 heavy (non-hydrogen) atoms. The molecule has 2 aromatic carbocycles. The van der Waals surface area contributed by atoms with Crippen molar-refractivity contribution < 1.29 is 19.1 Å². The SMILES string of the molecule is COC(=O)c1c(Br)cc(Cl)c(N2C(=O)c3ccccc3C2=O)c1Br. The van der Waals surface area contributed by atoms with Gasteiger partial charge in [0.15, 0.2) is 0 Å². The Morgan fingerprint density at radius 2 is 1.67 bits per heavy atom. The number of benzene rings is 2. The minimum absolute atomic E-state index is 0.103. The van der Waals surface area contributed by atoms with E-state index in [1.807, 2.05) is 0 Å². The number of rotatable bonds is 2. The van der Waals surface area contributed by atoms with Gasteiger partial charge in [0, 0.05) is 4.47 Å². The Bertz CT molecular complexity index is 878. The molecule has 0 fully saturated rings. The molecule has 0 saturated carbocycles. The van der Waals surface area contributed by atoms with Crippen LogP contribution >= 0.6 is 43.5 Å². The van der Waals surface area contributed by atoms with Gasteiger partial charge in [-0.1, -0.05) is 23.7 Å². The quantitative estimate of drug-likeness (QED) is 0.478. The van der Waals surface area contributed by atoms with Gasteiger partial charge >= 0.3 is 5.97 Å². The lowest BCUT2D eigenvalue weighted by Crippen LogP contribution is -2.30. The molecule has 2 aromatic rings. The van der Waals surface area contributed by atoms with Gasteiger partial charge in [-0.2, -0.15) is 0 Å². The van der Waals surface area contributed by atoms with Crippen LogP contribution in [0.5, 0.6) is 0 Å². The van der Waals surface area contributed by atoms with Gasteiger partial charge in [0.1, 0.15) is 0 Å². The van der Waals surface area contributed by atoms with E-state index in [9.17, 15) is 14.4 Å². The molecular formula is C16H8Br2ClNO4. The zero-order valence-corrected chi connectivity index (χ0v) is 16.0. The summed E-state index contributed by atoms with van der Waals surface area (Å²) in [5.74, 6) is -1.64. The molecule has 5 nitrogen and oxygen atoms in total. The Morgan fingerprint density at radius 3 is 2.17 bits per heavy atom. The number of imide groups is 1. The van der Waals surface area contributed by atoms with Crippen LogP contribution in [0.1, 0.15) is 31.1 Å². The standard InChI is InChI=1S/C16H8Br2ClNO4/c1-24-16(23)11-9(17)6-10(19)13(12(11)18)20-14(21)7-4-2-3-5-8(7)15(20)22/h2-6H,1H3. The Balaban J connectivity index is 2.23. The number of anilines is 1. The smallest absolute Gasteiger partial charge is 0.340 e. The lowest BCUT2D eigenvalue weighted by Gasteiger charge is -2.20. The molecule has 0 spiro atoms. The fourth-order valence-electron chi connectivity index (χ4n) is 2.47.